The maximum atomic E-state index is 13.2. The number of nitrogens with one attached hydrogen (secondary N) is 1. The van der Waals surface area contributed by atoms with E-state index < -0.39 is 23.4 Å². The average Bonchev–Trinajstić information content (AvgIpc) is 2.20. The number of carbonyl (C=O) groups excluding carboxylic acids is 1. The summed E-state index contributed by atoms with van der Waals surface area (Å²) in [6, 6.07) is 3.42. The molecule has 2 N–H and O–H groups in total. The molecule has 0 heterocycles. The van der Waals surface area contributed by atoms with E-state index in [-0.39, 0.29) is 5.56 Å². The van der Waals surface area contributed by atoms with Gasteiger partial charge in [0.25, 0.3) is 5.91 Å². The van der Waals surface area contributed by atoms with Gasteiger partial charge in [0.05, 0.1) is 11.3 Å². The molecule has 0 saturated carbocycles. The molecule has 0 saturated heterocycles. The van der Waals surface area contributed by atoms with Crippen LogP contribution in [0.5, 0.6) is 0 Å². The molecule has 15 heavy (non-hydrogen) atoms. The van der Waals surface area contributed by atoms with Gasteiger partial charge in [-0.05, 0) is 18.1 Å². The quantitative estimate of drug-likeness (QED) is 0.713. The summed E-state index contributed by atoms with van der Waals surface area (Å²) in [5.41, 5.74) is -0.772. The summed E-state index contributed by atoms with van der Waals surface area (Å²) in [5, 5.41) is 10.7. The third-order valence-electron chi connectivity index (χ3n) is 1.61. The number of carboxylic acid groups (broad SMARTS) is 1. The lowest BCUT2D eigenvalue weighted by molar-refractivity contribution is -0.111. The highest BCUT2D eigenvalue weighted by atomic mass is 19.1. The predicted octanol–water partition coefficient (Wildman–Crippen LogP) is 1.10. The van der Waals surface area contributed by atoms with Crippen molar-refractivity contribution in [3.8, 4) is 12.3 Å². The van der Waals surface area contributed by atoms with Gasteiger partial charge in [-0.25, -0.2) is 9.18 Å². The summed E-state index contributed by atoms with van der Waals surface area (Å²) in [5.74, 6) is -1.40. The molecule has 0 aliphatic carbocycles. The maximum Gasteiger partial charge on any atom is 0.337 e. The Hall–Kier alpha value is -2.35. The number of para-hydroxylation sites is 1. The first-order chi connectivity index (χ1) is 7.06. The zero-order valence-corrected chi connectivity index (χ0v) is 7.45. The topological polar surface area (TPSA) is 66.4 Å². The minimum absolute atomic E-state index is 0.349. The van der Waals surface area contributed by atoms with Gasteiger partial charge >= 0.3 is 5.97 Å². The Morgan fingerprint density at radius 1 is 1.47 bits per heavy atom. The van der Waals surface area contributed by atoms with E-state index in [9.17, 15) is 14.0 Å². The highest BCUT2D eigenvalue weighted by molar-refractivity contribution is 6.07. The van der Waals surface area contributed by atoms with Crippen LogP contribution in [0.15, 0.2) is 18.2 Å². The standard InChI is InChI=1S/C10H6FNO3/c1-2-8(13)12-9-6(10(14)15)4-3-5-7(9)11/h1,3-5H,(H,12,13)(H,14,15). The Balaban J connectivity index is 3.20. The fourth-order valence-electron chi connectivity index (χ4n) is 0.979. The molecule has 5 heteroatoms. The Morgan fingerprint density at radius 3 is 2.67 bits per heavy atom. The smallest absolute Gasteiger partial charge is 0.337 e. The summed E-state index contributed by atoms with van der Waals surface area (Å²) in [7, 11) is 0. The van der Waals surface area contributed by atoms with E-state index in [4.69, 9.17) is 11.5 Å². The first-order valence-electron chi connectivity index (χ1n) is 3.85. The van der Waals surface area contributed by atoms with E-state index in [1.54, 1.807) is 5.92 Å². The fraction of sp³-hybridized carbons (Fsp3) is 0. The van der Waals surface area contributed by atoms with Crippen molar-refractivity contribution in [3.63, 3.8) is 0 Å². The summed E-state index contributed by atoms with van der Waals surface area (Å²) < 4.78 is 13.2. The second-order valence-electron chi connectivity index (χ2n) is 2.57. The van der Waals surface area contributed by atoms with Crippen molar-refractivity contribution in [1.29, 1.82) is 0 Å². The molecule has 0 bridgehead atoms. The van der Waals surface area contributed by atoms with Gasteiger partial charge in [0.1, 0.15) is 5.82 Å². The highest BCUT2D eigenvalue weighted by Crippen LogP contribution is 2.19. The first-order valence-corrected chi connectivity index (χ1v) is 3.85. The lowest BCUT2D eigenvalue weighted by Gasteiger charge is -2.06. The maximum absolute atomic E-state index is 13.2. The molecule has 0 aliphatic heterocycles. The van der Waals surface area contributed by atoms with E-state index in [0.717, 1.165) is 12.1 Å². The van der Waals surface area contributed by atoms with Gasteiger partial charge in [-0.3, -0.25) is 4.79 Å². The van der Waals surface area contributed by atoms with Crippen LogP contribution in [-0.2, 0) is 4.79 Å². The number of benzene rings is 1. The van der Waals surface area contributed by atoms with Crippen molar-refractivity contribution >= 4 is 17.6 Å². The molecule has 0 atom stereocenters. The largest absolute Gasteiger partial charge is 0.478 e. The second-order valence-corrected chi connectivity index (χ2v) is 2.57. The molecule has 0 aromatic heterocycles. The van der Waals surface area contributed by atoms with Gasteiger partial charge in [0, 0.05) is 0 Å². The van der Waals surface area contributed by atoms with Crippen LogP contribution in [0.2, 0.25) is 0 Å². The van der Waals surface area contributed by atoms with Crippen molar-refractivity contribution in [1.82, 2.24) is 0 Å². The molecular formula is C10H6FNO3. The van der Waals surface area contributed by atoms with E-state index in [1.165, 1.54) is 6.07 Å². The van der Waals surface area contributed by atoms with E-state index in [1.807, 2.05) is 5.32 Å². The number of terminal acetylenes is 1. The molecule has 0 aliphatic rings. The van der Waals surface area contributed by atoms with Crippen LogP contribution in [0.25, 0.3) is 0 Å². The first kappa shape index (κ1) is 10.7. The van der Waals surface area contributed by atoms with Gasteiger partial charge in [-0.1, -0.05) is 6.07 Å². The molecule has 4 nitrogen and oxygen atoms in total. The lowest BCUT2D eigenvalue weighted by atomic mass is 10.1. The van der Waals surface area contributed by atoms with Crippen molar-refractivity contribution in [3.05, 3.63) is 29.6 Å². The SMILES string of the molecule is C#CC(=O)Nc1c(F)cccc1C(=O)O. The van der Waals surface area contributed by atoms with Crippen molar-refractivity contribution in [2.45, 2.75) is 0 Å². The summed E-state index contributed by atoms with van der Waals surface area (Å²) in [6.45, 7) is 0. The summed E-state index contributed by atoms with van der Waals surface area (Å²) in [4.78, 5) is 21.5. The molecule has 76 valence electrons. The molecule has 0 unspecified atom stereocenters. The number of aromatic carboxylic acids is 1. The minimum Gasteiger partial charge on any atom is -0.478 e. The number of halogens is 1. The normalized spacial score (nSPS) is 9.07. The molecule has 1 amide bonds. The van der Waals surface area contributed by atoms with Gasteiger partial charge in [-0.15, -0.1) is 6.42 Å². The lowest BCUT2D eigenvalue weighted by Crippen LogP contribution is -2.13. The highest BCUT2D eigenvalue weighted by Gasteiger charge is 2.15. The minimum atomic E-state index is -1.35. The van der Waals surface area contributed by atoms with E-state index in [2.05, 4.69) is 0 Å². The van der Waals surface area contributed by atoms with Gasteiger partial charge in [0.15, 0.2) is 0 Å². The van der Waals surface area contributed by atoms with Crippen LogP contribution in [0.3, 0.4) is 0 Å². The Labute approximate surface area is 84.7 Å². The molecule has 1 aromatic rings. The van der Waals surface area contributed by atoms with Crippen molar-refractivity contribution in [2.75, 3.05) is 5.32 Å². The number of carboxylic acids is 1. The Bertz CT molecular complexity index is 462. The van der Waals surface area contributed by atoms with Gasteiger partial charge in [-0.2, -0.15) is 0 Å². The summed E-state index contributed by atoms with van der Waals surface area (Å²) >= 11 is 0. The Morgan fingerprint density at radius 2 is 2.13 bits per heavy atom. The van der Waals surface area contributed by atoms with Crippen LogP contribution < -0.4 is 5.32 Å². The second kappa shape index (κ2) is 4.24. The molecule has 0 fully saturated rings. The number of hydrogen-bond donors (Lipinski definition) is 2. The van der Waals surface area contributed by atoms with Crippen LogP contribution in [0, 0.1) is 18.2 Å². The zero-order valence-electron chi connectivity index (χ0n) is 7.45. The summed E-state index contributed by atoms with van der Waals surface area (Å²) in [6.07, 6.45) is 4.76. The number of anilines is 1. The number of hydrogen-bond acceptors (Lipinski definition) is 2. The van der Waals surface area contributed by atoms with Crippen LogP contribution in [0.1, 0.15) is 10.4 Å². The van der Waals surface area contributed by atoms with Crippen LogP contribution in [-0.4, -0.2) is 17.0 Å². The molecular weight excluding hydrogens is 201 g/mol. The number of rotatable bonds is 2. The third-order valence-corrected chi connectivity index (χ3v) is 1.61. The zero-order chi connectivity index (χ0) is 11.4. The molecule has 1 rings (SSSR count). The monoisotopic (exact) mass is 207 g/mol. The fourth-order valence-corrected chi connectivity index (χ4v) is 0.979. The Kier molecular flexibility index (Phi) is 3.03. The number of carbonyl (C=O) groups is 2. The van der Waals surface area contributed by atoms with Crippen molar-refractivity contribution < 1.29 is 19.1 Å². The predicted molar refractivity (Wildman–Crippen MR) is 50.8 cm³/mol. The van der Waals surface area contributed by atoms with Crippen LogP contribution in [0.4, 0.5) is 10.1 Å². The third kappa shape index (κ3) is 2.31. The molecule has 0 spiro atoms. The average molecular weight is 207 g/mol. The van der Waals surface area contributed by atoms with Gasteiger partial charge < -0.3 is 10.4 Å². The molecule has 0 radical (unpaired) electrons. The van der Waals surface area contributed by atoms with Gasteiger partial charge in [0.2, 0.25) is 0 Å². The van der Waals surface area contributed by atoms with E-state index >= 15 is 0 Å². The van der Waals surface area contributed by atoms with Crippen molar-refractivity contribution in [2.24, 2.45) is 0 Å². The molecule has 1 aromatic carbocycles. The van der Waals surface area contributed by atoms with E-state index in [0.29, 0.717) is 0 Å². The number of amides is 1. The van der Waals surface area contributed by atoms with Crippen LogP contribution >= 0.6 is 0 Å².